The number of aromatic nitrogens is 6. The molecule has 6 fully saturated rings. The van der Waals surface area contributed by atoms with Gasteiger partial charge in [0.15, 0.2) is 0 Å². The van der Waals surface area contributed by atoms with Crippen molar-refractivity contribution in [2.45, 2.75) is 333 Å². The van der Waals surface area contributed by atoms with E-state index in [9.17, 15) is 33.6 Å². The van der Waals surface area contributed by atoms with E-state index in [1.807, 2.05) is 13.8 Å². The fourth-order valence-electron chi connectivity index (χ4n) is 24.5. The fourth-order valence-corrected chi connectivity index (χ4v) is 24.5. The van der Waals surface area contributed by atoms with Crippen LogP contribution < -0.4 is 44.9 Å². The summed E-state index contributed by atoms with van der Waals surface area (Å²) in [6.45, 7) is 59.4. The number of ether oxygens (including phenoxy) is 1. The van der Waals surface area contributed by atoms with Crippen LogP contribution in [0.2, 0.25) is 0 Å². The highest BCUT2D eigenvalue weighted by atomic mass is 17.2. The van der Waals surface area contributed by atoms with E-state index in [4.69, 9.17) is 9.99 Å². The molecular weight excluding hydrogens is 1210 g/mol. The van der Waals surface area contributed by atoms with Crippen molar-refractivity contribution in [1.82, 2.24) is 38.2 Å². The van der Waals surface area contributed by atoms with Crippen LogP contribution in [0.1, 0.15) is 288 Å². The number of nitrogens with one attached hydrogen (secondary N) is 2. The minimum atomic E-state index is -0.575. The van der Waals surface area contributed by atoms with Gasteiger partial charge < -0.3 is 10.1 Å². The molecule has 0 aliphatic heterocycles. The van der Waals surface area contributed by atoms with Crippen molar-refractivity contribution in [1.29, 1.82) is 0 Å². The van der Waals surface area contributed by atoms with Crippen molar-refractivity contribution in [2.24, 2.45) is 100 Å². The normalized spacial score (nSPS) is 34.8. The lowest BCUT2D eigenvalue weighted by molar-refractivity contribution is -0.285. The van der Waals surface area contributed by atoms with Crippen molar-refractivity contribution < 1.29 is 19.8 Å². The van der Waals surface area contributed by atoms with Gasteiger partial charge in [-0.25, -0.2) is 71.7 Å². The number of carbonyl (C=O) groups is 1. The Bertz CT molecular complexity index is 3310. The Hall–Kier alpha value is -4.45. The van der Waals surface area contributed by atoms with Crippen LogP contribution in [-0.4, -0.2) is 51.4 Å². The quantitative estimate of drug-likeness (QED) is 0.0889. The SMILES string of the molecule is C=C(NOO)C(C)C1CC(C)(C)CC(C)(Cn2c(=O)n(CC3(C)CC(C)CC(C)(C)C3)c(=O)n(CC3(C)CC(NC(=O)OCCC)CC(C)(C)C3)c2=O)C1.CC1CC(C)(C)CC(C)(Cn2c(=O)n(CC3(C)CC(C)CC(C)(C)C3)c(=O)n(CC3(C)CC(C)CC(C)(C)C3)c2=O)C1. The summed E-state index contributed by atoms with van der Waals surface area (Å²) in [4.78, 5) is 104. The van der Waals surface area contributed by atoms with Gasteiger partial charge in [-0.15, -0.1) is 4.99 Å². The number of allylic oxidation sites excluding steroid dienone is 1. The second-order valence-corrected chi connectivity index (χ2v) is 41.2. The van der Waals surface area contributed by atoms with E-state index in [-0.39, 0.29) is 91.7 Å². The molecule has 2 aromatic heterocycles. The summed E-state index contributed by atoms with van der Waals surface area (Å²) >= 11 is 0. The van der Waals surface area contributed by atoms with E-state index in [1.165, 1.54) is 27.4 Å². The van der Waals surface area contributed by atoms with Gasteiger partial charge in [0.2, 0.25) is 0 Å². The Balaban J connectivity index is 0.000000279. The number of hydrogen-bond acceptors (Lipinski definition) is 11. The summed E-state index contributed by atoms with van der Waals surface area (Å²) in [7, 11) is 0. The third-order valence-corrected chi connectivity index (χ3v) is 23.7. The molecule has 96 heavy (non-hydrogen) atoms. The van der Waals surface area contributed by atoms with Gasteiger partial charge in [0.1, 0.15) is 0 Å². The van der Waals surface area contributed by atoms with Gasteiger partial charge in [-0.05, 0) is 217 Å². The summed E-state index contributed by atoms with van der Waals surface area (Å²) in [6, 6.07) is -0.195. The molecule has 0 saturated heterocycles. The molecule has 1 amide bonds. The fraction of sp³-hybridized carbons (Fsp3) is 0.885. The predicted molar refractivity (Wildman–Crippen MR) is 387 cm³/mol. The monoisotopic (exact) mass is 1350 g/mol. The Morgan fingerprint density at radius 2 is 0.677 bits per heavy atom. The van der Waals surface area contributed by atoms with Gasteiger partial charge in [-0.3, -0.25) is 0 Å². The van der Waals surface area contributed by atoms with Gasteiger partial charge in [0, 0.05) is 56.9 Å². The highest BCUT2D eigenvalue weighted by molar-refractivity contribution is 5.67. The van der Waals surface area contributed by atoms with Crippen LogP contribution in [-0.2, 0) is 49.0 Å². The second-order valence-electron chi connectivity index (χ2n) is 41.2. The minimum Gasteiger partial charge on any atom is -0.450 e. The number of hydroxylamine groups is 1. The molecule has 6 aliphatic carbocycles. The molecule has 2 heterocycles. The minimum absolute atomic E-state index is 0.0506. The molecule has 0 bridgehead atoms. The number of alkyl carbamates (subject to hydrolysis) is 1. The molecule has 18 nitrogen and oxygen atoms in total. The first-order valence-electron chi connectivity index (χ1n) is 37.3. The Morgan fingerprint density at radius 3 is 0.938 bits per heavy atom. The van der Waals surface area contributed by atoms with Gasteiger partial charge in [0.05, 0.1) is 6.61 Å². The molecule has 13 unspecified atom stereocenters. The molecule has 6 aliphatic rings. The Kier molecular flexibility index (Phi) is 23.1. The topological polar surface area (TPSA) is 212 Å². The molecule has 8 rings (SSSR count). The largest absolute Gasteiger partial charge is 0.450 e. The molecule has 3 N–H and O–H groups in total. The molecular formula is C78H136N8O10. The van der Waals surface area contributed by atoms with Crippen molar-refractivity contribution in [3.63, 3.8) is 0 Å². The third-order valence-electron chi connectivity index (χ3n) is 23.7. The van der Waals surface area contributed by atoms with Crippen LogP contribution in [0, 0.1) is 100 Å². The first-order chi connectivity index (χ1) is 43.7. The molecule has 0 aromatic carbocycles. The zero-order chi connectivity index (χ0) is 72.3. The molecule has 13 atom stereocenters. The maximum atomic E-state index is 14.8. The summed E-state index contributed by atoms with van der Waals surface area (Å²) in [5.74, 6) is 2.10. The van der Waals surface area contributed by atoms with Crippen LogP contribution in [0.3, 0.4) is 0 Å². The molecule has 0 spiro atoms. The zero-order valence-electron chi connectivity index (χ0n) is 64.9. The summed E-state index contributed by atoms with van der Waals surface area (Å²) in [5.41, 5.74) is -1.46. The highest BCUT2D eigenvalue weighted by Crippen LogP contribution is 2.55. The van der Waals surface area contributed by atoms with Crippen molar-refractivity contribution in [3.05, 3.63) is 75.2 Å². The zero-order valence-corrected chi connectivity index (χ0v) is 64.9. The molecule has 548 valence electrons. The highest BCUT2D eigenvalue weighted by Gasteiger charge is 2.49. The lowest BCUT2D eigenvalue weighted by Gasteiger charge is -2.49. The van der Waals surface area contributed by atoms with Crippen LogP contribution in [0.25, 0.3) is 0 Å². The Labute approximate surface area is 577 Å². The van der Waals surface area contributed by atoms with Crippen LogP contribution in [0.15, 0.2) is 41.0 Å². The predicted octanol–water partition coefficient (Wildman–Crippen LogP) is 15.5. The Morgan fingerprint density at radius 1 is 0.427 bits per heavy atom. The molecule has 0 radical (unpaired) electrons. The van der Waals surface area contributed by atoms with Crippen molar-refractivity contribution >= 4 is 6.09 Å². The van der Waals surface area contributed by atoms with E-state index < -0.39 is 51.1 Å². The van der Waals surface area contributed by atoms with Gasteiger partial charge in [-0.1, -0.05) is 173 Å². The van der Waals surface area contributed by atoms with E-state index in [0.29, 0.717) is 68.5 Å². The maximum Gasteiger partial charge on any atom is 0.407 e. The number of hydrogen-bond donors (Lipinski definition) is 3. The number of nitrogens with zero attached hydrogens (tertiary/aromatic N) is 6. The summed E-state index contributed by atoms with van der Waals surface area (Å²) < 4.78 is 13.8. The molecule has 2 aromatic rings. The number of rotatable bonds is 19. The lowest BCUT2D eigenvalue weighted by atomic mass is 9.58. The van der Waals surface area contributed by atoms with Crippen LogP contribution in [0.4, 0.5) is 4.79 Å². The van der Waals surface area contributed by atoms with E-state index in [0.717, 1.165) is 109 Å². The standard InChI is InChI=1S/C42H73N5O7.C36H63N3O3/c1-14-15-53-33(48)43-32-20-39(9,10)24-42(13,21-32)27-47-35(50)45(25-40(11)17-28(2)16-37(5,6)22-40)34(49)46(36(47)51)26-41(12)19-31(18-38(7,8)23-41)29(3)30(4)44-54-52;1-25-13-31(4,5)19-34(10,16-25)22-37-28(40)38(23-35(11)17-26(2)14-32(6,7)20-35)30(42)39(29(37)41)24-36(12)18-27(3)15-33(8,9)21-36/h28-29,31-32,44,52H,4,14-27H2,1-3,5-13H3,(H,43,48);25-27H,13-24H2,1-12H3. The third kappa shape index (κ3) is 19.8. The molecule has 18 heteroatoms. The van der Waals surface area contributed by atoms with Gasteiger partial charge >= 0.3 is 40.2 Å². The first-order valence-corrected chi connectivity index (χ1v) is 37.3. The smallest absolute Gasteiger partial charge is 0.407 e. The summed E-state index contributed by atoms with van der Waals surface area (Å²) in [6.07, 6.45) is 16.8. The van der Waals surface area contributed by atoms with Gasteiger partial charge in [0.25, 0.3) is 0 Å². The lowest BCUT2D eigenvalue weighted by Crippen LogP contribution is -2.59. The van der Waals surface area contributed by atoms with E-state index >= 15 is 0 Å². The van der Waals surface area contributed by atoms with Crippen molar-refractivity contribution in [2.75, 3.05) is 6.61 Å². The average Bonchev–Trinajstić information content (AvgIpc) is 0.751. The number of carbonyl (C=O) groups excluding carboxylic acids is 1. The van der Waals surface area contributed by atoms with Gasteiger partial charge in [-0.2, -0.15) is 0 Å². The maximum absolute atomic E-state index is 14.8. The molecule has 6 saturated carbocycles. The van der Waals surface area contributed by atoms with Crippen LogP contribution >= 0.6 is 0 Å². The van der Waals surface area contributed by atoms with Crippen molar-refractivity contribution in [3.8, 4) is 0 Å². The van der Waals surface area contributed by atoms with Crippen LogP contribution in [0.5, 0.6) is 0 Å². The second kappa shape index (κ2) is 28.2. The van der Waals surface area contributed by atoms with E-state index in [1.54, 1.807) is 0 Å². The average molecular weight is 1350 g/mol. The van der Waals surface area contributed by atoms with E-state index in [2.05, 4.69) is 175 Å². The number of amides is 1. The summed E-state index contributed by atoms with van der Waals surface area (Å²) in [5, 5.41) is 12.1. The first kappa shape index (κ1) is 78.9.